The third-order valence-electron chi connectivity index (χ3n) is 2.83. The molecule has 1 aromatic heterocycles. The molecule has 0 saturated heterocycles. The van der Waals surface area contributed by atoms with Crippen molar-refractivity contribution >= 4 is 17.4 Å². The normalized spacial score (nSPS) is 13.2. The topological polar surface area (TPSA) is 76.1 Å². The molecule has 1 amide bonds. The van der Waals surface area contributed by atoms with Gasteiger partial charge in [-0.3, -0.25) is 4.79 Å². The van der Waals surface area contributed by atoms with E-state index in [1.54, 1.807) is 7.05 Å². The number of amides is 1. The second-order valence-corrected chi connectivity index (χ2v) is 4.09. The number of hydrogen-bond donors (Lipinski definition) is 2. The first kappa shape index (κ1) is 11.5. The van der Waals surface area contributed by atoms with E-state index in [0.29, 0.717) is 11.4 Å². The van der Waals surface area contributed by atoms with Gasteiger partial charge in [0, 0.05) is 18.7 Å². The fourth-order valence-electron chi connectivity index (χ4n) is 1.89. The molecule has 6 heteroatoms. The molecular formula is C13H12N4O2. The summed E-state index contributed by atoms with van der Waals surface area (Å²) in [4.78, 5) is 19.6. The minimum atomic E-state index is -0.150. The molecule has 0 bridgehead atoms. The molecule has 1 aliphatic rings. The lowest BCUT2D eigenvalue weighted by molar-refractivity contribution is -0.118. The number of rotatable bonds is 2. The minimum Gasteiger partial charge on any atom is -0.482 e. The maximum atomic E-state index is 11.3. The van der Waals surface area contributed by atoms with Gasteiger partial charge >= 0.3 is 0 Å². The van der Waals surface area contributed by atoms with Gasteiger partial charge < -0.3 is 15.4 Å². The summed E-state index contributed by atoms with van der Waals surface area (Å²) in [6.45, 7) is 0.0593. The summed E-state index contributed by atoms with van der Waals surface area (Å²) in [6, 6.07) is 7.41. The SMILES string of the molecule is CNc1cc(-c2ccc3c(c2)NC(=O)CO3)ncn1. The molecule has 0 unspecified atom stereocenters. The number of nitrogens with zero attached hydrogens (tertiary/aromatic N) is 2. The number of fused-ring (bicyclic) bond motifs is 1. The average molecular weight is 256 g/mol. The Hall–Kier alpha value is -2.63. The highest BCUT2D eigenvalue weighted by Gasteiger charge is 2.16. The summed E-state index contributed by atoms with van der Waals surface area (Å²) >= 11 is 0. The van der Waals surface area contributed by atoms with E-state index in [9.17, 15) is 4.79 Å². The zero-order valence-corrected chi connectivity index (χ0v) is 10.3. The highest BCUT2D eigenvalue weighted by Crippen LogP contribution is 2.32. The number of anilines is 2. The number of benzene rings is 1. The number of ether oxygens (including phenoxy) is 1. The van der Waals surface area contributed by atoms with Crippen LogP contribution in [0.2, 0.25) is 0 Å². The molecule has 1 aliphatic heterocycles. The van der Waals surface area contributed by atoms with Crippen molar-refractivity contribution in [3.63, 3.8) is 0 Å². The average Bonchev–Trinajstić information content (AvgIpc) is 2.46. The van der Waals surface area contributed by atoms with Crippen LogP contribution in [0.25, 0.3) is 11.3 Å². The molecule has 0 aliphatic carbocycles. The van der Waals surface area contributed by atoms with Crippen LogP contribution in [-0.4, -0.2) is 29.5 Å². The standard InChI is InChI=1S/C13H12N4O2/c1-14-12-5-9(15-7-16-12)8-2-3-11-10(4-8)17-13(18)6-19-11/h2-5,7H,6H2,1H3,(H,17,18)(H,14,15,16). The summed E-state index contributed by atoms with van der Waals surface area (Å²) in [7, 11) is 1.80. The predicted molar refractivity (Wildman–Crippen MR) is 71.1 cm³/mol. The molecule has 96 valence electrons. The summed E-state index contributed by atoms with van der Waals surface area (Å²) in [5.74, 6) is 1.26. The molecule has 2 heterocycles. The zero-order chi connectivity index (χ0) is 13.2. The molecule has 2 N–H and O–H groups in total. The lowest BCUT2D eigenvalue weighted by Crippen LogP contribution is -2.25. The van der Waals surface area contributed by atoms with Crippen molar-refractivity contribution in [2.45, 2.75) is 0 Å². The smallest absolute Gasteiger partial charge is 0.262 e. The van der Waals surface area contributed by atoms with Gasteiger partial charge in [0.1, 0.15) is 17.9 Å². The van der Waals surface area contributed by atoms with Crippen molar-refractivity contribution in [1.82, 2.24) is 9.97 Å². The van der Waals surface area contributed by atoms with Gasteiger partial charge in [-0.1, -0.05) is 0 Å². The van der Waals surface area contributed by atoms with E-state index in [2.05, 4.69) is 20.6 Å². The first-order valence-corrected chi connectivity index (χ1v) is 5.83. The summed E-state index contributed by atoms with van der Waals surface area (Å²) in [6.07, 6.45) is 1.50. The van der Waals surface area contributed by atoms with Gasteiger partial charge in [0.25, 0.3) is 5.91 Å². The van der Waals surface area contributed by atoms with E-state index in [4.69, 9.17) is 4.74 Å². The van der Waals surface area contributed by atoms with Crippen LogP contribution in [0.15, 0.2) is 30.6 Å². The molecule has 0 atom stereocenters. The van der Waals surface area contributed by atoms with Crippen molar-refractivity contribution in [2.75, 3.05) is 24.3 Å². The van der Waals surface area contributed by atoms with Crippen LogP contribution in [0.3, 0.4) is 0 Å². The fourth-order valence-corrected chi connectivity index (χ4v) is 1.89. The molecule has 2 aromatic rings. The second kappa shape index (κ2) is 4.56. The maximum Gasteiger partial charge on any atom is 0.262 e. The molecular weight excluding hydrogens is 244 g/mol. The maximum absolute atomic E-state index is 11.3. The third kappa shape index (κ3) is 2.20. The van der Waals surface area contributed by atoms with Crippen molar-refractivity contribution in [1.29, 1.82) is 0 Å². The molecule has 0 spiro atoms. The van der Waals surface area contributed by atoms with Gasteiger partial charge in [-0.05, 0) is 18.2 Å². The van der Waals surface area contributed by atoms with Crippen molar-refractivity contribution in [2.24, 2.45) is 0 Å². The van der Waals surface area contributed by atoms with E-state index < -0.39 is 0 Å². The van der Waals surface area contributed by atoms with Gasteiger partial charge in [-0.2, -0.15) is 0 Å². The van der Waals surface area contributed by atoms with Crippen molar-refractivity contribution in [3.05, 3.63) is 30.6 Å². The van der Waals surface area contributed by atoms with Crippen LogP contribution in [0, 0.1) is 0 Å². The van der Waals surface area contributed by atoms with Crippen molar-refractivity contribution < 1.29 is 9.53 Å². The summed E-state index contributed by atoms with van der Waals surface area (Å²) in [5.41, 5.74) is 2.34. The van der Waals surface area contributed by atoms with Gasteiger partial charge in [-0.15, -0.1) is 0 Å². The minimum absolute atomic E-state index is 0.0593. The van der Waals surface area contributed by atoms with Crippen LogP contribution in [0.5, 0.6) is 5.75 Å². The van der Waals surface area contributed by atoms with E-state index in [1.807, 2.05) is 24.3 Å². The highest BCUT2D eigenvalue weighted by molar-refractivity contribution is 5.96. The van der Waals surface area contributed by atoms with Crippen LogP contribution < -0.4 is 15.4 Å². The highest BCUT2D eigenvalue weighted by atomic mass is 16.5. The molecule has 0 radical (unpaired) electrons. The Bertz CT molecular complexity index is 642. The number of nitrogens with one attached hydrogen (secondary N) is 2. The largest absolute Gasteiger partial charge is 0.482 e. The quantitative estimate of drug-likeness (QED) is 0.851. The van der Waals surface area contributed by atoms with Crippen LogP contribution in [0.1, 0.15) is 0 Å². The Labute approximate surface area is 109 Å². The number of hydrogen-bond acceptors (Lipinski definition) is 5. The van der Waals surface area contributed by atoms with Gasteiger partial charge in [0.05, 0.1) is 11.4 Å². The lowest BCUT2D eigenvalue weighted by atomic mass is 10.1. The zero-order valence-electron chi connectivity index (χ0n) is 10.3. The molecule has 6 nitrogen and oxygen atoms in total. The number of aromatic nitrogens is 2. The van der Waals surface area contributed by atoms with Crippen molar-refractivity contribution in [3.8, 4) is 17.0 Å². The number of carbonyl (C=O) groups is 1. The van der Waals surface area contributed by atoms with Gasteiger partial charge in [0.2, 0.25) is 0 Å². The predicted octanol–water partition coefficient (Wildman–Crippen LogP) is 1.52. The van der Waals surface area contributed by atoms with E-state index in [0.717, 1.165) is 17.1 Å². The molecule has 1 aromatic carbocycles. The Kier molecular flexibility index (Phi) is 2.75. The Morgan fingerprint density at radius 3 is 3.05 bits per heavy atom. The second-order valence-electron chi connectivity index (χ2n) is 4.09. The Balaban J connectivity index is 2.01. The number of carbonyl (C=O) groups excluding carboxylic acids is 1. The Morgan fingerprint density at radius 2 is 2.21 bits per heavy atom. The summed E-state index contributed by atoms with van der Waals surface area (Å²) < 4.78 is 5.31. The molecule has 0 saturated carbocycles. The molecule has 0 fully saturated rings. The molecule has 19 heavy (non-hydrogen) atoms. The molecule has 3 rings (SSSR count). The monoisotopic (exact) mass is 256 g/mol. The Morgan fingerprint density at radius 1 is 1.32 bits per heavy atom. The van der Waals surface area contributed by atoms with Crippen LogP contribution in [0.4, 0.5) is 11.5 Å². The van der Waals surface area contributed by atoms with E-state index in [-0.39, 0.29) is 12.5 Å². The first-order chi connectivity index (χ1) is 9.26. The van der Waals surface area contributed by atoms with Crippen LogP contribution >= 0.6 is 0 Å². The summed E-state index contributed by atoms with van der Waals surface area (Å²) in [5, 5.41) is 5.74. The van der Waals surface area contributed by atoms with Gasteiger partial charge in [-0.25, -0.2) is 9.97 Å². The third-order valence-corrected chi connectivity index (χ3v) is 2.83. The van der Waals surface area contributed by atoms with E-state index >= 15 is 0 Å². The first-order valence-electron chi connectivity index (χ1n) is 5.83. The fraction of sp³-hybridized carbons (Fsp3) is 0.154. The van der Waals surface area contributed by atoms with Gasteiger partial charge in [0.15, 0.2) is 6.61 Å². The van der Waals surface area contributed by atoms with Crippen LogP contribution in [-0.2, 0) is 4.79 Å². The van der Waals surface area contributed by atoms with E-state index in [1.165, 1.54) is 6.33 Å². The lowest BCUT2D eigenvalue weighted by Gasteiger charge is -2.18.